The first-order valence-corrected chi connectivity index (χ1v) is 9.70. The fraction of sp³-hybridized carbons (Fsp3) is 0.0526. The van der Waals surface area contributed by atoms with E-state index in [-0.39, 0.29) is 33.5 Å². The molecule has 3 N–H and O–H groups in total. The van der Waals surface area contributed by atoms with E-state index in [9.17, 15) is 18.6 Å². The van der Waals surface area contributed by atoms with Gasteiger partial charge in [-0.15, -0.1) is 10.2 Å². The molecule has 148 valence electrons. The van der Waals surface area contributed by atoms with Crippen molar-refractivity contribution in [1.29, 1.82) is 0 Å². The molecule has 29 heavy (non-hydrogen) atoms. The van der Waals surface area contributed by atoms with Gasteiger partial charge in [0.2, 0.25) is 0 Å². The van der Waals surface area contributed by atoms with E-state index in [2.05, 4.69) is 20.5 Å². The molecule has 3 aromatic carbocycles. The lowest BCUT2D eigenvalue weighted by molar-refractivity contribution is 0.452. The molecule has 0 aliphatic heterocycles. The van der Waals surface area contributed by atoms with Crippen LogP contribution in [0.2, 0.25) is 0 Å². The van der Waals surface area contributed by atoms with E-state index in [1.165, 1.54) is 30.3 Å². The Bertz CT molecular complexity index is 1190. The summed E-state index contributed by atoms with van der Waals surface area (Å²) in [7, 11) is -4.30. The topological polar surface area (TPSA) is 144 Å². The van der Waals surface area contributed by atoms with Gasteiger partial charge in [0.15, 0.2) is 0 Å². The highest BCUT2D eigenvalue weighted by atomic mass is 32.2. The average molecular weight is 412 g/mol. The molecule has 0 heterocycles. The van der Waals surface area contributed by atoms with E-state index < -0.39 is 10.1 Å². The standard InChI is InChI=1S/C19H16N4O5S/c1-12-2-4-13(5-3-12)20-22-16-10-17(19(25)11-18(16)24)23-21-14-6-8-15(9-7-14)29(26,27)28/h2-11,24-25H,1H3,(H,26,27,28). The highest BCUT2D eigenvalue weighted by molar-refractivity contribution is 7.85. The molecule has 0 aromatic heterocycles. The number of aromatic hydroxyl groups is 2. The molecule has 0 spiro atoms. The molecule has 0 radical (unpaired) electrons. The molecule has 0 saturated carbocycles. The largest absolute Gasteiger partial charge is 0.505 e. The number of hydrogen-bond acceptors (Lipinski definition) is 8. The number of phenolic OH excluding ortho intramolecular Hbond substituents is 2. The Hall–Kier alpha value is -3.63. The van der Waals surface area contributed by atoms with Crippen LogP contribution in [0.25, 0.3) is 0 Å². The van der Waals surface area contributed by atoms with Crippen molar-refractivity contribution in [2.75, 3.05) is 0 Å². The molecular weight excluding hydrogens is 396 g/mol. The zero-order valence-electron chi connectivity index (χ0n) is 15.1. The summed E-state index contributed by atoms with van der Waals surface area (Å²) in [6.07, 6.45) is 0. The van der Waals surface area contributed by atoms with E-state index in [0.29, 0.717) is 5.69 Å². The van der Waals surface area contributed by atoms with Crippen LogP contribution >= 0.6 is 0 Å². The van der Waals surface area contributed by atoms with Gasteiger partial charge in [0.25, 0.3) is 10.1 Å². The molecule has 10 heteroatoms. The highest BCUT2D eigenvalue weighted by Gasteiger charge is 2.10. The summed E-state index contributed by atoms with van der Waals surface area (Å²) in [6.45, 7) is 1.94. The van der Waals surface area contributed by atoms with Gasteiger partial charge in [-0.25, -0.2) is 0 Å². The summed E-state index contributed by atoms with van der Waals surface area (Å²) in [5.41, 5.74) is 2.06. The molecule has 3 rings (SSSR count). The van der Waals surface area contributed by atoms with Crippen molar-refractivity contribution < 1.29 is 23.2 Å². The van der Waals surface area contributed by atoms with Crippen molar-refractivity contribution in [3.63, 3.8) is 0 Å². The monoisotopic (exact) mass is 412 g/mol. The van der Waals surface area contributed by atoms with Crippen molar-refractivity contribution in [2.45, 2.75) is 11.8 Å². The predicted molar refractivity (Wildman–Crippen MR) is 106 cm³/mol. The third-order valence-electron chi connectivity index (χ3n) is 3.79. The summed E-state index contributed by atoms with van der Waals surface area (Å²) < 4.78 is 31.1. The molecule has 0 atom stereocenters. The minimum absolute atomic E-state index is 0.0273. The Labute approximate surface area is 166 Å². The summed E-state index contributed by atoms with van der Waals surface area (Å²) >= 11 is 0. The summed E-state index contributed by atoms with van der Waals surface area (Å²) in [5.74, 6) is -0.607. The van der Waals surface area contributed by atoms with Crippen molar-refractivity contribution in [2.24, 2.45) is 20.5 Å². The molecule has 0 bridgehead atoms. The number of nitrogens with zero attached hydrogens (tertiary/aromatic N) is 4. The van der Waals surface area contributed by atoms with Crippen LogP contribution in [0.4, 0.5) is 22.7 Å². The zero-order chi connectivity index (χ0) is 21.0. The number of aryl methyl sites for hydroxylation is 1. The van der Waals surface area contributed by atoms with Crippen LogP contribution in [0.3, 0.4) is 0 Å². The van der Waals surface area contributed by atoms with Gasteiger partial charge in [-0.3, -0.25) is 4.55 Å². The first-order valence-electron chi connectivity index (χ1n) is 8.26. The minimum atomic E-state index is -4.30. The average Bonchev–Trinajstić information content (AvgIpc) is 2.67. The Morgan fingerprint density at radius 3 is 1.59 bits per heavy atom. The second-order valence-corrected chi connectivity index (χ2v) is 7.46. The zero-order valence-corrected chi connectivity index (χ0v) is 15.9. The van der Waals surface area contributed by atoms with E-state index in [0.717, 1.165) is 11.6 Å². The predicted octanol–water partition coefficient (Wildman–Crippen LogP) is 5.48. The quantitative estimate of drug-likeness (QED) is 0.375. The van der Waals surface area contributed by atoms with Crippen LogP contribution in [-0.2, 0) is 10.1 Å². The minimum Gasteiger partial charge on any atom is -0.505 e. The fourth-order valence-corrected chi connectivity index (χ4v) is 2.71. The van der Waals surface area contributed by atoms with Gasteiger partial charge >= 0.3 is 0 Å². The maximum atomic E-state index is 11.0. The number of azo groups is 2. The molecule has 0 saturated heterocycles. The van der Waals surface area contributed by atoms with Crippen molar-refractivity contribution in [3.05, 3.63) is 66.2 Å². The van der Waals surface area contributed by atoms with Gasteiger partial charge in [0.1, 0.15) is 22.9 Å². The number of hydrogen-bond donors (Lipinski definition) is 3. The Kier molecular flexibility index (Phi) is 5.66. The number of benzene rings is 3. The lowest BCUT2D eigenvalue weighted by Gasteiger charge is -2.03. The normalized spacial score (nSPS) is 12.1. The van der Waals surface area contributed by atoms with E-state index >= 15 is 0 Å². The molecule has 3 aromatic rings. The highest BCUT2D eigenvalue weighted by Crippen LogP contribution is 2.39. The Morgan fingerprint density at radius 2 is 1.14 bits per heavy atom. The number of rotatable bonds is 5. The van der Waals surface area contributed by atoms with Gasteiger partial charge in [0, 0.05) is 12.1 Å². The number of phenols is 2. The van der Waals surface area contributed by atoms with Gasteiger partial charge in [-0.2, -0.15) is 18.6 Å². The fourth-order valence-electron chi connectivity index (χ4n) is 2.23. The van der Waals surface area contributed by atoms with Crippen molar-refractivity contribution >= 4 is 32.9 Å². The molecule has 9 nitrogen and oxygen atoms in total. The van der Waals surface area contributed by atoms with Crippen molar-refractivity contribution in [3.8, 4) is 11.5 Å². The molecule has 0 unspecified atom stereocenters. The van der Waals surface area contributed by atoms with Gasteiger partial charge < -0.3 is 10.2 Å². The third-order valence-corrected chi connectivity index (χ3v) is 4.65. The molecule has 0 fully saturated rings. The summed E-state index contributed by atoms with van der Waals surface area (Å²) in [6, 6.07) is 14.7. The Balaban J connectivity index is 1.85. The maximum Gasteiger partial charge on any atom is 0.294 e. The molecule has 0 aliphatic carbocycles. The van der Waals surface area contributed by atoms with Crippen LogP contribution in [0.15, 0.2) is 86.0 Å². The molecule has 0 aliphatic rings. The van der Waals surface area contributed by atoms with E-state index in [1.54, 1.807) is 12.1 Å². The first kappa shape index (κ1) is 20.1. The van der Waals surface area contributed by atoms with Crippen LogP contribution in [0, 0.1) is 6.92 Å². The van der Waals surface area contributed by atoms with E-state index in [4.69, 9.17) is 4.55 Å². The van der Waals surface area contributed by atoms with Crippen molar-refractivity contribution in [1.82, 2.24) is 0 Å². The first-order chi connectivity index (χ1) is 13.7. The third kappa shape index (κ3) is 5.21. The van der Waals surface area contributed by atoms with Crippen LogP contribution in [0.5, 0.6) is 11.5 Å². The van der Waals surface area contributed by atoms with Crippen LogP contribution < -0.4 is 0 Å². The van der Waals surface area contributed by atoms with E-state index in [1.807, 2.05) is 19.1 Å². The second kappa shape index (κ2) is 8.17. The smallest absolute Gasteiger partial charge is 0.294 e. The maximum absolute atomic E-state index is 11.0. The lowest BCUT2D eigenvalue weighted by Crippen LogP contribution is -1.96. The SMILES string of the molecule is Cc1ccc(N=Nc2cc(N=Nc3ccc(S(=O)(=O)O)cc3)c(O)cc2O)cc1. The molecule has 0 amide bonds. The molecular formula is C19H16N4O5S. The Morgan fingerprint density at radius 1 is 0.690 bits per heavy atom. The van der Waals surface area contributed by atoms with Gasteiger partial charge in [-0.1, -0.05) is 17.7 Å². The van der Waals surface area contributed by atoms with Crippen LogP contribution in [0.1, 0.15) is 5.56 Å². The lowest BCUT2D eigenvalue weighted by atomic mass is 10.2. The summed E-state index contributed by atoms with van der Waals surface area (Å²) in [4.78, 5) is -0.275. The summed E-state index contributed by atoms with van der Waals surface area (Å²) in [5, 5.41) is 35.7. The van der Waals surface area contributed by atoms with Crippen LogP contribution in [-0.4, -0.2) is 23.2 Å². The van der Waals surface area contributed by atoms with Gasteiger partial charge in [-0.05, 0) is 43.3 Å². The van der Waals surface area contributed by atoms with Gasteiger partial charge in [0.05, 0.1) is 16.3 Å². The second-order valence-electron chi connectivity index (χ2n) is 6.03.